The Morgan fingerprint density at radius 2 is 1.76 bits per heavy atom. The Hall–Kier alpha value is -1.59. The van der Waals surface area contributed by atoms with Crippen molar-refractivity contribution in [1.82, 2.24) is 14.5 Å². The predicted molar refractivity (Wildman–Crippen MR) is 127 cm³/mol. The van der Waals surface area contributed by atoms with Gasteiger partial charge in [0, 0.05) is 61.7 Å². The van der Waals surface area contributed by atoms with Crippen molar-refractivity contribution in [1.29, 1.82) is 0 Å². The minimum atomic E-state index is -4.15. The number of hydrogen-bond donors (Lipinski definition) is 2. The van der Waals surface area contributed by atoms with Crippen LogP contribution in [0.1, 0.15) is 47.9 Å². The van der Waals surface area contributed by atoms with Crippen LogP contribution in [0, 0.1) is 0 Å². The fraction of sp³-hybridized carbons (Fsp3) is 0.545. The molecule has 2 amide bonds. The minimum absolute atomic E-state index is 0. The molecule has 1 radical (unpaired) electrons. The number of carbonyl (C=O) groups excluding carboxylic acids is 1. The molecule has 9 nitrogen and oxygen atoms in total. The largest absolute Gasteiger partial charge is 0.381 e. The number of ether oxygens (including phenoxy) is 1. The number of nitrogens with one attached hydrogen (secondary N) is 2. The van der Waals surface area contributed by atoms with Gasteiger partial charge in [0.05, 0.1) is 17.9 Å². The molecule has 1 aliphatic heterocycles. The van der Waals surface area contributed by atoms with E-state index in [1.807, 2.05) is 0 Å². The molecular formula is C22H29N5NaO4S. The Morgan fingerprint density at radius 1 is 1.12 bits per heavy atom. The van der Waals surface area contributed by atoms with Gasteiger partial charge in [-0.2, -0.15) is 13.5 Å². The molecule has 0 saturated carbocycles. The van der Waals surface area contributed by atoms with Crippen molar-refractivity contribution in [3.8, 4) is 0 Å². The zero-order valence-electron chi connectivity index (χ0n) is 19.3. The van der Waals surface area contributed by atoms with Gasteiger partial charge in [-0.3, -0.25) is 4.68 Å². The van der Waals surface area contributed by atoms with Crippen molar-refractivity contribution < 1.29 is 17.9 Å². The molecule has 33 heavy (non-hydrogen) atoms. The number of rotatable bonds is 5. The first-order valence-electron chi connectivity index (χ1n) is 11.3. The van der Waals surface area contributed by atoms with E-state index in [-0.39, 0.29) is 35.6 Å². The fourth-order valence-electron chi connectivity index (χ4n) is 5.26. The monoisotopic (exact) mass is 482 g/mol. The Balaban J connectivity index is 0.00000259. The standard InChI is InChI=1S/C22H29N5O4S.Na/c1-26-14-18(13-23-26)27(17-8-10-31-11-9-17)32(29,30)25-22(28)24-21-19-6-2-4-15(19)12-16-5-3-7-20(16)21;/h12-14,17H,2-11H2,1H3,(H2,24,25,28);. The second-order valence-corrected chi connectivity index (χ2v) is 10.4. The van der Waals surface area contributed by atoms with E-state index >= 15 is 0 Å². The van der Waals surface area contributed by atoms with Crippen molar-refractivity contribution in [2.24, 2.45) is 7.05 Å². The predicted octanol–water partition coefficient (Wildman–Crippen LogP) is 2.07. The van der Waals surface area contributed by atoms with Crippen LogP contribution in [0.25, 0.3) is 0 Å². The molecule has 173 valence electrons. The second kappa shape index (κ2) is 9.95. The molecule has 2 N–H and O–H groups in total. The van der Waals surface area contributed by atoms with Crippen LogP contribution in [0.15, 0.2) is 18.5 Å². The molecule has 0 spiro atoms. The third-order valence-corrected chi connectivity index (χ3v) is 8.13. The van der Waals surface area contributed by atoms with Crippen LogP contribution < -0.4 is 14.3 Å². The third-order valence-electron chi connectivity index (χ3n) is 6.66. The zero-order chi connectivity index (χ0) is 22.3. The summed E-state index contributed by atoms with van der Waals surface area (Å²) in [5, 5.41) is 7.03. The minimum Gasteiger partial charge on any atom is -0.381 e. The average Bonchev–Trinajstić information content (AvgIpc) is 3.49. The van der Waals surface area contributed by atoms with E-state index in [2.05, 4.69) is 21.2 Å². The van der Waals surface area contributed by atoms with Gasteiger partial charge in [-0.15, -0.1) is 0 Å². The van der Waals surface area contributed by atoms with Gasteiger partial charge in [-0.25, -0.2) is 13.8 Å². The van der Waals surface area contributed by atoms with E-state index < -0.39 is 16.2 Å². The van der Waals surface area contributed by atoms with Gasteiger partial charge in [0.25, 0.3) is 0 Å². The maximum Gasteiger partial charge on any atom is 0.334 e. The molecule has 0 unspecified atom stereocenters. The molecule has 11 heteroatoms. The van der Waals surface area contributed by atoms with Gasteiger partial charge in [0.2, 0.25) is 0 Å². The first kappa shape index (κ1) is 24.5. The number of urea groups is 1. The Morgan fingerprint density at radius 3 is 2.33 bits per heavy atom. The van der Waals surface area contributed by atoms with E-state index in [0.717, 1.165) is 55.3 Å². The van der Waals surface area contributed by atoms with Gasteiger partial charge in [-0.05, 0) is 73.6 Å². The van der Waals surface area contributed by atoms with Crippen molar-refractivity contribution in [2.45, 2.75) is 57.4 Å². The summed E-state index contributed by atoms with van der Waals surface area (Å²) >= 11 is 0. The fourth-order valence-corrected chi connectivity index (χ4v) is 6.62. The number of fused-ring (bicyclic) bond motifs is 2. The second-order valence-electron chi connectivity index (χ2n) is 8.81. The molecule has 5 rings (SSSR count). The van der Waals surface area contributed by atoms with Crippen LogP contribution in [-0.4, -0.2) is 73.0 Å². The zero-order valence-corrected chi connectivity index (χ0v) is 22.1. The van der Waals surface area contributed by atoms with Gasteiger partial charge < -0.3 is 10.1 Å². The van der Waals surface area contributed by atoms with Crippen LogP contribution in [0.2, 0.25) is 0 Å². The first-order valence-corrected chi connectivity index (χ1v) is 12.7. The molecule has 1 saturated heterocycles. The summed E-state index contributed by atoms with van der Waals surface area (Å²) in [6.45, 7) is 0.955. The number of nitrogens with zero attached hydrogens (tertiary/aromatic N) is 3. The molecule has 2 aliphatic carbocycles. The molecule has 1 aromatic heterocycles. The van der Waals surface area contributed by atoms with Gasteiger partial charge in [0.15, 0.2) is 0 Å². The Bertz CT molecular complexity index is 1110. The molecule has 1 aromatic carbocycles. The van der Waals surface area contributed by atoms with Gasteiger partial charge >= 0.3 is 16.2 Å². The summed E-state index contributed by atoms with van der Waals surface area (Å²) < 4.78 is 37.3. The van der Waals surface area contributed by atoms with E-state index in [0.29, 0.717) is 31.7 Å². The maximum atomic E-state index is 13.4. The normalized spacial score (nSPS) is 17.7. The van der Waals surface area contributed by atoms with Crippen LogP contribution in [0.3, 0.4) is 0 Å². The molecule has 0 atom stereocenters. The number of aromatic nitrogens is 2. The topological polar surface area (TPSA) is 106 Å². The van der Waals surface area contributed by atoms with E-state index in [9.17, 15) is 13.2 Å². The molecule has 3 aliphatic rings. The van der Waals surface area contributed by atoms with E-state index in [1.165, 1.54) is 21.6 Å². The average molecular weight is 483 g/mol. The number of aryl methyl sites for hydroxylation is 3. The van der Waals surface area contributed by atoms with Crippen LogP contribution in [0.4, 0.5) is 16.2 Å². The summed E-state index contributed by atoms with van der Waals surface area (Å²) in [5.41, 5.74) is 6.13. The first-order chi connectivity index (χ1) is 15.4. The third kappa shape index (κ3) is 4.95. The summed E-state index contributed by atoms with van der Waals surface area (Å²) in [5.74, 6) is 0. The number of benzene rings is 1. The van der Waals surface area contributed by atoms with Crippen LogP contribution in [0.5, 0.6) is 0 Å². The molecule has 2 aromatic rings. The van der Waals surface area contributed by atoms with E-state index in [4.69, 9.17) is 4.74 Å². The van der Waals surface area contributed by atoms with Gasteiger partial charge in [0.1, 0.15) is 0 Å². The number of amides is 2. The van der Waals surface area contributed by atoms with Crippen molar-refractivity contribution in [2.75, 3.05) is 22.8 Å². The molecule has 2 heterocycles. The van der Waals surface area contributed by atoms with Crippen molar-refractivity contribution in [3.63, 3.8) is 0 Å². The number of carbonyl (C=O) groups is 1. The molecular weight excluding hydrogens is 453 g/mol. The van der Waals surface area contributed by atoms with Gasteiger partial charge in [-0.1, -0.05) is 6.07 Å². The van der Waals surface area contributed by atoms with Crippen molar-refractivity contribution >= 4 is 57.2 Å². The quantitative estimate of drug-likeness (QED) is 0.635. The molecule has 1 fully saturated rings. The van der Waals surface area contributed by atoms with Crippen LogP contribution in [-0.2, 0) is 47.7 Å². The smallest absolute Gasteiger partial charge is 0.334 e. The Kier molecular flexibility index (Phi) is 7.40. The number of hydrogen-bond acceptors (Lipinski definition) is 5. The molecule has 0 bridgehead atoms. The summed E-state index contributed by atoms with van der Waals surface area (Å²) in [6, 6.07) is 1.25. The summed E-state index contributed by atoms with van der Waals surface area (Å²) in [6.07, 6.45) is 10.2. The van der Waals surface area contributed by atoms with Crippen LogP contribution >= 0.6 is 0 Å². The SMILES string of the molecule is Cn1cc(N(C2CCOCC2)S(=O)(=O)NC(=O)Nc2c3c(cc4c2CCC4)CCC3)cn1.[Na]. The maximum absolute atomic E-state index is 13.4. The Labute approximate surface area is 216 Å². The van der Waals surface area contributed by atoms with Crippen molar-refractivity contribution in [3.05, 3.63) is 40.7 Å². The summed E-state index contributed by atoms with van der Waals surface area (Å²) in [4.78, 5) is 13.0. The summed E-state index contributed by atoms with van der Waals surface area (Å²) in [7, 11) is -2.42. The number of anilines is 2. The van der Waals surface area contributed by atoms with E-state index in [1.54, 1.807) is 17.9 Å².